The largest absolute Gasteiger partial charge is 0.478 e. The summed E-state index contributed by atoms with van der Waals surface area (Å²) < 4.78 is 0. The zero-order valence-electron chi connectivity index (χ0n) is 13.9. The molecule has 2 rings (SSSR count). The predicted octanol–water partition coefficient (Wildman–Crippen LogP) is 1.23. The first-order chi connectivity index (χ1) is 11.7. The highest BCUT2D eigenvalue weighted by Crippen LogP contribution is 2.05. The van der Waals surface area contributed by atoms with Crippen LogP contribution < -0.4 is 22.9 Å². The predicted molar refractivity (Wildman–Crippen MR) is 98.3 cm³/mol. The van der Waals surface area contributed by atoms with Crippen LogP contribution in [0.3, 0.4) is 0 Å². The first kappa shape index (κ1) is 21.9. The molecule has 10 N–H and O–H groups in total. The Morgan fingerprint density at radius 3 is 1.24 bits per heavy atom. The molecule has 0 aliphatic carbocycles. The van der Waals surface area contributed by atoms with E-state index in [2.05, 4.69) is 0 Å². The topological polar surface area (TPSA) is 179 Å². The number of hydrogen-bond donors (Lipinski definition) is 6. The molecule has 25 heavy (non-hydrogen) atoms. The Hall–Kier alpha value is -3.10. The van der Waals surface area contributed by atoms with Crippen molar-refractivity contribution in [2.24, 2.45) is 11.5 Å². The molecule has 0 bridgehead atoms. The summed E-state index contributed by atoms with van der Waals surface area (Å²) in [7, 11) is 0. The van der Waals surface area contributed by atoms with Gasteiger partial charge in [-0.3, -0.25) is 0 Å². The van der Waals surface area contributed by atoms with Crippen LogP contribution in [0.2, 0.25) is 0 Å². The summed E-state index contributed by atoms with van der Waals surface area (Å²) in [6, 6.07) is 12.3. The second-order valence-corrected chi connectivity index (χ2v) is 5.07. The lowest BCUT2D eigenvalue weighted by atomic mass is 10.2. The van der Waals surface area contributed by atoms with Crippen molar-refractivity contribution in [3.63, 3.8) is 0 Å². The van der Waals surface area contributed by atoms with Crippen LogP contribution in [0, 0.1) is 0 Å². The highest BCUT2D eigenvalue weighted by Gasteiger charge is 1.99. The lowest BCUT2D eigenvalue weighted by Crippen LogP contribution is -2.25. The molecule has 0 heterocycles. The number of anilines is 2. The summed E-state index contributed by atoms with van der Waals surface area (Å²) in [4.78, 5) is 20.5. The minimum Gasteiger partial charge on any atom is -0.478 e. The third-order valence-corrected chi connectivity index (χ3v) is 2.69. The highest BCUT2D eigenvalue weighted by atomic mass is 16.4. The van der Waals surface area contributed by atoms with Gasteiger partial charge in [0, 0.05) is 24.0 Å². The number of carboxylic acid groups (broad SMARTS) is 2. The highest BCUT2D eigenvalue weighted by molar-refractivity contribution is 5.88. The molecule has 136 valence electrons. The van der Waals surface area contributed by atoms with Gasteiger partial charge in [0.2, 0.25) is 0 Å². The maximum Gasteiger partial charge on any atom is 0.335 e. The molecule has 1 atom stereocenters. The molecular weight excluding hydrogens is 324 g/mol. The Kier molecular flexibility index (Phi) is 10.0. The number of rotatable bonds is 3. The third-order valence-electron chi connectivity index (χ3n) is 2.69. The van der Waals surface area contributed by atoms with Crippen molar-refractivity contribution in [1.29, 1.82) is 0 Å². The van der Waals surface area contributed by atoms with Crippen LogP contribution in [-0.2, 0) is 0 Å². The molecule has 0 spiro atoms. The van der Waals surface area contributed by atoms with Crippen molar-refractivity contribution in [2.75, 3.05) is 18.0 Å². The van der Waals surface area contributed by atoms with E-state index < -0.39 is 11.9 Å². The van der Waals surface area contributed by atoms with Gasteiger partial charge in [0.05, 0.1) is 11.1 Å². The number of aromatic carboxylic acids is 2. The first-order valence-corrected chi connectivity index (χ1v) is 7.30. The fraction of sp³-hybridized carbons (Fsp3) is 0.176. The van der Waals surface area contributed by atoms with Crippen molar-refractivity contribution in [1.82, 2.24) is 0 Å². The normalized spacial score (nSPS) is 10.4. The van der Waals surface area contributed by atoms with E-state index in [0.29, 0.717) is 17.9 Å². The molecule has 0 amide bonds. The first-order valence-electron chi connectivity index (χ1n) is 7.30. The van der Waals surface area contributed by atoms with Gasteiger partial charge in [-0.2, -0.15) is 0 Å². The zero-order chi connectivity index (χ0) is 19.4. The summed E-state index contributed by atoms with van der Waals surface area (Å²) in [5, 5.41) is 16.9. The number of hydrogen-bond acceptors (Lipinski definition) is 6. The monoisotopic (exact) mass is 348 g/mol. The van der Waals surface area contributed by atoms with E-state index in [0.717, 1.165) is 0 Å². The molecule has 2 aromatic rings. The van der Waals surface area contributed by atoms with E-state index in [9.17, 15) is 9.59 Å². The Bertz CT molecular complexity index is 600. The summed E-state index contributed by atoms with van der Waals surface area (Å²) in [5.74, 6) is -1.86. The Morgan fingerprint density at radius 1 is 0.840 bits per heavy atom. The molecule has 0 radical (unpaired) electrons. The second kappa shape index (κ2) is 11.4. The van der Waals surface area contributed by atoms with E-state index in [1.54, 1.807) is 24.3 Å². The van der Waals surface area contributed by atoms with Crippen LogP contribution in [0.5, 0.6) is 0 Å². The van der Waals surface area contributed by atoms with Gasteiger partial charge in [0.25, 0.3) is 0 Å². The van der Waals surface area contributed by atoms with Gasteiger partial charge in [-0.1, -0.05) is 0 Å². The number of carbonyl (C=O) groups is 2. The van der Waals surface area contributed by atoms with Gasteiger partial charge < -0.3 is 33.1 Å². The molecule has 0 aromatic heterocycles. The Balaban J connectivity index is 0.000000368. The van der Waals surface area contributed by atoms with Crippen LogP contribution in [0.15, 0.2) is 48.5 Å². The summed E-state index contributed by atoms with van der Waals surface area (Å²) in [6.45, 7) is 2.46. The Morgan fingerprint density at radius 2 is 1.08 bits per heavy atom. The molecule has 0 fully saturated rings. The molecule has 8 nitrogen and oxygen atoms in total. The van der Waals surface area contributed by atoms with E-state index in [1.165, 1.54) is 24.3 Å². The Labute approximate surface area is 146 Å². The van der Waals surface area contributed by atoms with Crippen molar-refractivity contribution in [3.8, 4) is 0 Å². The number of carboxylic acids is 2. The van der Waals surface area contributed by atoms with E-state index >= 15 is 0 Å². The smallest absolute Gasteiger partial charge is 0.335 e. The SMILES string of the molecule is CC(N)CN.Nc1ccc(C(=O)O)cc1.Nc1ccc(C(=O)O)cc1. The van der Waals surface area contributed by atoms with Crippen molar-refractivity contribution < 1.29 is 19.8 Å². The van der Waals surface area contributed by atoms with E-state index in [-0.39, 0.29) is 17.2 Å². The number of benzene rings is 2. The minimum atomic E-state index is -0.931. The van der Waals surface area contributed by atoms with E-state index in [1.807, 2.05) is 6.92 Å². The van der Waals surface area contributed by atoms with Crippen molar-refractivity contribution in [2.45, 2.75) is 13.0 Å². The van der Waals surface area contributed by atoms with Crippen LogP contribution in [0.25, 0.3) is 0 Å². The maximum atomic E-state index is 10.3. The molecule has 0 aliphatic rings. The zero-order valence-corrected chi connectivity index (χ0v) is 13.9. The molecule has 0 saturated carbocycles. The van der Waals surface area contributed by atoms with Gasteiger partial charge in [-0.15, -0.1) is 0 Å². The van der Waals surface area contributed by atoms with Gasteiger partial charge >= 0.3 is 11.9 Å². The minimum absolute atomic E-state index is 0.162. The number of nitrogens with two attached hydrogens (primary N) is 4. The average molecular weight is 348 g/mol. The fourth-order valence-corrected chi connectivity index (χ4v) is 1.25. The van der Waals surface area contributed by atoms with Crippen molar-refractivity contribution >= 4 is 23.3 Å². The fourth-order valence-electron chi connectivity index (χ4n) is 1.25. The molecular formula is C17H24N4O4. The summed E-state index contributed by atoms with van der Waals surface area (Å²) in [6.07, 6.45) is 0. The third kappa shape index (κ3) is 10.3. The van der Waals surface area contributed by atoms with E-state index in [4.69, 9.17) is 33.1 Å². The van der Waals surface area contributed by atoms with Gasteiger partial charge in [0.15, 0.2) is 0 Å². The molecule has 1 unspecified atom stereocenters. The number of nitrogen functional groups attached to an aromatic ring is 2. The van der Waals surface area contributed by atoms with Gasteiger partial charge in [-0.25, -0.2) is 9.59 Å². The molecule has 0 saturated heterocycles. The molecule has 8 heteroatoms. The van der Waals surface area contributed by atoms with Crippen LogP contribution in [-0.4, -0.2) is 34.7 Å². The molecule has 2 aromatic carbocycles. The summed E-state index contributed by atoms with van der Waals surface area (Å²) in [5.41, 5.74) is 22.5. The maximum absolute atomic E-state index is 10.3. The second-order valence-electron chi connectivity index (χ2n) is 5.07. The summed E-state index contributed by atoms with van der Waals surface area (Å²) >= 11 is 0. The van der Waals surface area contributed by atoms with Crippen LogP contribution in [0.4, 0.5) is 11.4 Å². The lowest BCUT2D eigenvalue weighted by Gasteiger charge is -1.93. The van der Waals surface area contributed by atoms with Crippen molar-refractivity contribution in [3.05, 3.63) is 59.7 Å². The molecule has 0 aliphatic heterocycles. The van der Waals surface area contributed by atoms with Gasteiger partial charge in [-0.05, 0) is 55.5 Å². The standard InChI is InChI=1S/2C7H7NO2.C3H10N2/c2*8-6-3-1-5(2-4-6)7(9)10;1-3(5)2-4/h2*1-4H,8H2,(H,9,10);3H,2,4-5H2,1H3. The lowest BCUT2D eigenvalue weighted by molar-refractivity contribution is 0.0686. The average Bonchev–Trinajstić information content (AvgIpc) is 2.56. The van der Waals surface area contributed by atoms with Gasteiger partial charge in [0.1, 0.15) is 0 Å². The quantitative estimate of drug-likeness (QED) is 0.448. The van der Waals surface area contributed by atoms with Crippen LogP contribution >= 0.6 is 0 Å². The van der Waals surface area contributed by atoms with Crippen LogP contribution in [0.1, 0.15) is 27.6 Å².